The van der Waals surface area contributed by atoms with Crippen molar-refractivity contribution in [3.63, 3.8) is 0 Å². The first kappa shape index (κ1) is 18.2. The summed E-state index contributed by atoms with van der Waals surface area (Å²) in [5.74, 6) is 0.604. The average Bonchev–Trinajstić information content (AvgIpc) is 2.68. The fraction of sp³-hybridized carbons (Fsp3) is 0.150. The Balaban J connectivity index is 1.80. The van der Waals surface area contributed by atoms with Crippen LogP contribution < -0.4 is 16.4 Å². The van der Waals surface area contributed by atoms with Crippen LogP contribution in [0.1, 0.15) is 21.5 Å². The van der Waals surface area contributed by atoms with E-state index < -0.39 is 0 Å². The minimum absolute atomic E-state index is 0.386. The number of nitrogens with two attached hydrogens (primary N) is 1. The molecule has 0 spiro atoms. The Kier molecular flexibility index (Phi) is 5.21. The summed E-state index contributed by atoms with van der Waals surface area (Å²) in [7, 11) is 1.35. The van der Waals surface area contributed by atoms with Gasteiger partial charge in [-0.3, -0.25) is 0 Å². The van der Waals surface area contributed by atoms with E-state index in [9.17, 15) is 4.79 Å². The number of aromatic nitrogens is 2. The van der Waals surface area contributed by atoms with E-state index in [1.54, 1.807) is 24.3 Å². The number of ether oxygens (including phenoxy) is 1. The van der Waals surface area contributed by atoms with Crippen LogP contribution in [0.3, 0.4) is 0 Å². The van der Waals surface area contributed by atoms with Crippen LogP contribution in [-0.4, -0.2) is 23.0 Å². The number of anilines is 5. The summed E-state index contributed by atoms with van der Waals surface area (Å²) >= 11 is 0. The number of benzene rings is 2. The Morgan fingerprint density at radius 3 is 2.11 bits per heavy atom. The Labute approximate surface area is 157 Å². The van der Waals surface area contributed by atoms with Gasteiger partial charge < -0.3 is 21.1 Å². The maximum atomic E-state index is 11.5. The lowest BCUT2D eigenvalue weighted by molar-refractivity contribution is 0.0601. The lowest BCUT2D eigenvalue weighted by Gasteiger charge is -2.13. The van der Waals surface area contributed by atoms with Crippen LogP contribution in [0.5, 0.6) is 0 Å². The summed E-state index contributed by atoms with van der Waals surface area (Å²) in [5.41, 5.74) is 11.1. The summed E-state index contributed by atoms with van der Waals surface area (Å²) in [6, 6.07) is 12.9. The maximum Gasteiger partial charge on any atom is 0.337 e. The molecule has 27 heavy (non-hydrogen) atoms. The third-order valence-electron chi connectivity index (χ3n) is 4.22. The SMILES string of the molecule is COC(=O)c1ccc(Nc2ncnc(Nc3ccc(C)c(C)c3)c2N)cc1. The van der Waals surface area contributed by atoms with Crippen molar-refractivity contribution in [3.05, 3.63) is 65.5 Å². The number of carbonyl (C=O) groups is 1. The molecule has 0 aliphatic heterocycles. The number of rotatable bonds is 5. The van der Waals surface area contributed by atoms with Crippen LogP contribution in [0.4, 0.5) is 28.7 Å². The van der Waals surface area contributed by atoms with Gasteiger partial charge in [0.1, 0.15) is 12.0 Å². The number of methoxy groups -OCH3 is 1. The number of hydrogen-bond donors (Lipinski definition) is 3. The van der Waals surface area contributed by atoms with Gasteiger partial charge in [0.2, 0.25) is 0 Å². The van der Waals surface area contributed by atoms with E-state index in [-0.39, 0.29) is 5.97 Å². The van der Waals surface area contributed by atoms with Crippen LogP contribution in [0.15, 0.2) is 48.8 Å². The molecule has 0 saturated heterocycles. The van der Waals surface area contributed by atoms with E-state index in [0.717, 1.165) is 11.4 Å². The zero-order valence-electron chi connectivity index (χ0n) is 15.4. The minimum atomic E-state index is -0.386. The summed E-state index contributed by atoms with van der Waals surface area (Å²) < 4.78 is 4.69. The van der Waals surface area contributed by atoms with Crippen molar-refractivity contribution in [1.82, 2.24) is 9.97 Å². The number of nitrogens with zero attached hydrogens (tertiary/aromatic N) is 2. The molecule has 0 fully saturated rings. The van der Waals surface area contributed by atoms with Crippen molar-refractivity contribution in [2.75, 3.05) is 23.5 Å². The summed E-state index contributed by atoms with van der Waals surface area (Å²) in [5, 5.41) is 6.36. The third-order valence-corrected chi connectivity index (χ3v) is 4.22. The van der Waals surface area contributed by atoms with Crippen LogP contribution in [0.2, 0.25) is 0 Å². The number of hydrogen-bond acceptors (Lipinski definition) is 7. The molecule has 0 saturated carbocycles. The van der Waals surface area contributed by atoms with Crippen LogP contribution in [0, 0.1) is 13.8 Å². The van der Waals surface area contributed by atoms with Gasteiger partial charge in [0.25, 0.3) is 0 Å². The van der Waals surface area contributed by atoms with Crippen LogP contribution in [0.25, 0.3) is 0 Å². The molecule has 0 radical (unpaired) electrons. The first-order valence-corrected chi connectivity index (χ1v) is 8.38. The van der Waals surface area contributed by atoms with E-state index >= 15 is 0 Å². The van der Waals surface area contributed by atoms with Crippen LogP contribution >= 0.6 is 0 Å². The minimum Gasteiger partial charge on any atom is -0.465 e. The highest BCUT2D eigenvalue weighted by Crippen LogP contribution is 2.28. The molecule has 1 heterocycles. The molecular weight excluding hydrogens is 342 g/mol. The van der Waals surface area contributed by atoms with Gasteiger partial charge in [0.05, 0.1) is 12.7 Å². The lowest BCUT2D eigenvalue weighted by atomic mass is 10.1. The Hall–Kier alpha value is -3.61. The average molecular weight is 363 g/mol. The van der Waals surface area contributed by atoms with Gasteiger partial charge in [-0.05, 0) is 61.4 Å². The summed E-state index contributed by atoms with van der Waals surface area (Å²) in [6.07, 6.45) is 1.44. The highest BCUT2D eigenvalue weighted by atomic mass is 16.5. The molecule has 7 heteroatoms. The van der Waals surface area contributed by atoms with Crippen molar-refractivity contribution < 1.29 is 9.53 Å². The molecule has 0 amide bonds. The molecule has 0 aliphatic carbocycles. The van der Waals surface area contributed by atoms with E-state index in [1.807, 2.05) is 18.2 Å². The smallest absolute Gasteiger partial charge is 0.337 e. The molecule has 4 N–H and O–H groups in total. The zero-order chi connectivity index (χ0) is 19.4. The molecule has 1 aromatic heterocycles. The first-order chi connectivity index (χ1) is 13.0. The Bertz CT molecular complexity index is 971. The number of nitrogens with one attached hydrogen (secondary N) is 2. The molecule has 0 unspecified atom stereocenters. The highest BCUT2D eigenvalue weighted by molar-refractivity contribution is 5.90. The fourth-order valence-corrected chi connectivity index (χ4v) is 2.49. The Morgan fingerprint density at radius 2 is 1.52 bits per heavy atom. The van der Waals surface area contributed by atoms with Crippen molar-refractivity contribution in [2.24, 2.45) is 0 Å². The first-order valence-electron chi connectivity index (χ1n) is 8.38. The number of aryl methyl sites for hydroxylation is 2. The second kappa shape index (κ2) is 7.74. The molecule has 2 aromatic carbocycles. The second-order valence-electron chi connectivity index (χ2n) is 6.10. The van der Waals surface area contributed by atoms with Gasteiger partial charge >= 0.3 is 5.97 Å². The van der Waals surface area contributed by atoms with Gasteiger partial charge in [-0.15, -0.1) is 0 Å². The highest BCUT2D eigenvalue weighted by Gasteiger charge is 2.10. The monoisotopic (exact) mass is 363 g/mol. The van der Waals surface area contributed by atoms with Gasteiger partial charge in [-0.25, -0.2) is 14.8 Å². The number of nitrogen functional groups attached to an aromatic ring is 1. The van der Waals surface area contributed by atoms with Crippen molar-refractivity contribution in [2.45, 2.75) is 13.8 Å². The predicted octanol–water partition coefficient (Wildman–Crippen LogP) is 3.95. The maximum absolute atomic E-state index is 11.5. The largest absolute Gasteiger partial charge is 0.465 e. The van der Waals surface area contributed by atoms with Crippen molar-refractivity contribution in [3.8, 4) is 0 Å². The normalized spacial score (nSPS) is 10.3. The molecular formula is C20H21N5O2. The number of esters is 1. The summed E-state index contributed by atoms with van der Waals surface area (Å²) in [6.45, 7) is 4.11. The second-order valence-corrected chi connectivity index (χ2v) is 6.10. The topological polar surface area (TPSA) is 102 Å². The molecule has 0 atom stereocenters. The number of carbonyl (C=O) groups excluding carboxylic acids is 1. The van der Waals surface area contributed by atoms with Gasteiger partial charge in [-0.1, -0.05) is 6.07 Å². The summed E-state index contributed by atoms with van der Waals surface area (Å²) in [4.78, 5) is 19.9. The zero-order valence-corrected chi connectivity index (χ0v) is 15.4. The quantitative estimate of drug-likeness (QED) is 0.590. The van der Waals surface area contributed by atoms with Gasteiger partial charge in [-0.2, -0.15) is 0 Å². The molecule has 3 rings (SSSR count). The van der Waals surface area contributed by atoms with E-state index in [1.165, 1.54) is 24.6 Å². The third kappa shape index (κ3) is 4.14. The molecule has 7 nitrogen and oxygen atoms in total. The molecule has 0 bridgehead atoms. The fourth-order valence-electron chi connectivity index (χ4n) is 2.49. The van der Waals surface area contributed by atoms with Crippen molar-refractivity contribution >= 4 is 34.7 Å². The standard InChI is InChI=1S/C20H21N5O2/c1-12-4-7-16(10-13(12)2)25-19-17(21)18(22-11-23-19)24-15-8-5-14(6-9-15)20(26)27-3/h4-11H,21H2,1-3H3,(H2,22,23,24,25). The van der Waals surface area contributed by atoms with Gasteiger partial charge in [0.15, 0.2) is 11.6 Å². The molecule has 3 aromatic rings. The van der Waals surface area contributed by atoms with Crippen LogP contribution in [-0.2, 0) is 4.74 Å². The Morgan fingerprint density at radius 1 is 0.926 bits per heavy atom. The van der Waals surface area contributed by atoms with Gasteiger partial charge in [0, 0.05) is 11.4 Å². The van der Waals surface area contributed by atoms with E-state index in [4.69, 9.17) is 10.5 Å². The van der Waals surface area contributed by atoms with E-state index in [2.05, 4.69) is 34.4 Å². The predicted molar refractivity (Wildman–Crippen MR) is 107 cm³/mol. The molecule has 138 valence electrons. The lowest BCUT2D eigenvalue weighted by Crippen LogP contribution is -2.06. The van der Waals surface area contributed by atoms with E-state index in [0.29, 0.717) is 22.9 Å². The molecule has 0 aliphatic rings. The van der Waals surface area contributed by atoms with Crippen molar-refractivity contribution in [1.29, 1.82) is 0 Å².